The van der Waals surface area contributed by atoms with Crippen LogP contribution >= 0.6 is 24.0 Å². The number of nitrogens with two attached hydrogens (primary N) is 1. The van der Waals surface area contributed by atoms with Crippen molar-refractivity contribution < 1.29 is 9.47 Å². The molecule has 0 radical (unpaired) electrons. The molecule has 2 aliphatic carbocycles. The molecule has 0 saturated heterocycles. The fourth-order valence-electron chi connectivity index (χ4n) is 3.28. The number of halogens is 1. The van der Waals surface area contributed by atoms with Crippen molar-refractivity contribution in [3.8, 4) is 11.5 Å². The van der Waals surface area contributed by atoms with E-state index >= 15 is 0 Å². The van der Waals surface area contributed by atoms with E-state index in [4.69, 9.17) is 15.2 Å². The monoisotopic (exact) mass is 459 g/mol. The lowest BCUT2D eigenvalue weighted by Crippen LogP contribution is -2.37. The van der Waals surface area contributed by atoms with Crippen molar-refractivity contribution in [2.45, 2.75) is 57.6 Å². The maximum Gasteiger partial charge on any atom is 0.188 e. The topological polar surface area (TPSA) is 68.9 Å². The van der Waals surface area contributed by atoms with Crippen LogP contribution < -0.4 is 20.5 Å². The molecule has 3 rings (SSSR count). The highest BCUT2D eigenvalue weighted by atomic mass is 127. The fourth-order valence-corrected chi connectivity index (χ4v) is 3.28. The zero-order valence-electron chi connectivity index (χ0n) is 15.0. The Kier molecular flexibility index (Phi) is 8.12. The normalized spacial score (nSPS) is 18.4. The molecule has 25 heavy (non-hydrogen) atoms. The summed E-state index contributed by atoms with van der Waals surface area (Å²) in [5.74, 6) is 2.89. The van der Waals surface area contributed by atoms with Crippen LogP contribution in [0.5, 0.6) is 11.5 Å². The van der Waals surface area contributed by atoms with Crippen LogP contribution in [0, 0.1) is 5.92 Å². The summed E-state index contributed by atoms with van der Waals surface area (Å²) in [7, 11) is 1.68. The third-order valence-corrected chi connectivity index (χ3v) is 5.05. The smallest absolute Gasteiger partial charge is 0.188 e. The number of methoxy groups -OCH3 is 1. The van der Waals surface area contributed by atoms with Crippen molar-refractivity contribution in [3.05, 3.63) is 23.8 Å². The second-order valence-electron chi connectivity index (χ2n) is 6.89. The molecule has 0 unspecified atom stereocenters. The van der Waals surface area contributed by atoms with E-state index in [9.17, 15) is 0 Å². The summed E-state index contributed by atoms with van der Waals surface area (Å²) >= 11 is 0. The van der Waals surface area contributed by atoms with Crippen molar-refractivity contribution in [2.75, 3.05) is 13.7 Å². The Morgan fingerprint density at radius 3 is 2.56 bits per heavy atom. The highest BCUT2D eigenvalue weighted by molar-refractivity contribution is 14.0. The van der Waals surface area contributed by atoms with Gasteiger partial charge < -0.3 is 20.5 Å². The average molecular weight is 459 g/mol. The molecular weight excluding hydrogens is 429 g/mol. The van der Waals surface area contributed by atoms with Gasteiger partial charge in [0.25, 0.3) is 0 Å². The third-order valence-electron chi connectivity index (χ3n) is 5.05. The van der Waals surface area contributed by atoms with E-state index in [0.29, 0.717) is 18.6 Å². The lowest BCUT2D eigenvalue weighted by molar-refractivity contribution is 0.200. The van der Waals surface area contributed by atoms with Gasteiger partial charge in [-0.2, -0.15) is 0 Å². The van der Waals surface area contributed by atoms with Crippen molar-refractivity contribution in [1.29, 1.82) is 0 Å². The van der Waals surface area contributed by atoms with Gasteiger partial charge in [0.1, 0.15) is 0 Å². The summed E-state index contributed by atoms with van der Waals surface area (Å²) < 4.78 is 11.5. The zero-order chi connectivity index (χ0) is 16.8. The summed E-state index contributed by atoms with van der Waals surface area (Å²) in [5, 5.41) is 3.22. The molecule has 1 aromatic carbocycles. The number of nitrogens with zero attached hydrogens (tertiary/aromatic N) is 1. The van der Waals surface area contributed by atoms with Gasteiger partial charge in [-0.15, -0.1) is 24.0 Å². The predicted octanol–water partition coefficient (Wildman–Crippen LogP) is 3.84. The Morgan fingerprint density at radius 1 is 1.16 bits per heavy atom. The van der Waals surface area contributed by atoms with Gasteiger partial charge in [-0.1, -0.05) is 12.5 Å². The van der Waals surface area contributed by atoms with Crippen LogP contribution in [-0.4, -0.2) is 25.7 Å². The molecule has 1 aromatic rings. The summed E-state index contributed by atoms with van der Waals surface area (Å²) in [6, 6.07) is 6.00. The lowest BCUT2D eigenvalue weighted by atomic mass is 9.85. The highest BCUT2D eigenvalue weighted by Gasteiger charge is 2.19. The van der Waals surface area contributed by atoms with Gasteiger partial charge in [-0.25, -0.2) is 4.99 Å². The number of rotatable bonds is 7. The van der Waals surface area contributed by atoms with Gasteiger partial charge in [0.05, 0.1) is 19.8 Å². The Morgan fingerprint density at radius 2 is 1.92 bits per heavy atom. The molecule has 2 fully saturated rings. The van der Waals surface area contributed by atoms with Gasteiger partial charge in [0, 0.05) is 6.54 Å². The summed E-state index contributed by atoms with van der Waals surface area (Å²) in [6.45, 7) is 1.49. The van der Waals surface area contributed by atoms with Crippen LogP contribution in [0.3, 0.4) is 0 Å². The Hall–Kier alpha value is -1.18. The van der Waals surface area contributed by atoms with Crippen molar-refractivity contribution >= 4 is 29.9 Å². The second kappa shape index (κ2) is 10.1. The largest absolute Gasteiger partial charge is 0.493 e. The lowest BCUT2D eigenvalue weighted by Gasteiger charge is -2.25. The first-order valence-corrected chi connectivity index (χ1v) is 9.12. The van der Waals surface area contributed by atoms with Crippen molar-refractivity contribution in [1.82, 2.24) is 5.32 Å². The van der Waals surface area contributed by atoms with Gasteiger partial charge in [-0.05, 0) is 62.1 Å². The molecular formula is C19H30IN3O2. The van der Waals surface area contributed by atoms with Crippen molar-refractivity contribution in [3.63, 3.8) is 0 Å². The molecule has 0 bridgehead atoms. The van der Waals surface area contributed by atoms with Gasteiger partial charge in [-0.3, -0.25) is 0 Å². The number of hydrogen-bond acceptors (Lipinski definition) is 3. The van der Waals surface area contributed by atoms with Gasteiger partial charge in [0.15, 0.2) is 17.5 Å². The summed E-state index contributed by atoms with van der Waals surface area (Å²) in [6.07, 6.45) is 9.03. The number of guanidine groups is 1. The molecule has 0 aromatic heterocycles. The first kappa shape index (κ1) is 20.1. The zero-order valence-corrected chi connectivity index (χ0v) is 17.3. The second-order valence-corrected chi connectivity index (χ2v) is 6.89. The third kappa shape index (κ3) is 5.94. The summed E-state index contributed by atoms with van der Waals surface area (Å²) in [5.41, 5.74) is 7.04. The van der Waals surface area contributed by atoms with E-state index in [-0.39, 0.29) is 24.0 Å². The van der Waals surface area contributed by atoms with Crippen LogP contribution in [0.15, 0.2) is 23.2 Å². The quantitative estimate of drug-likeness (QED) is 0.370. The SMILES string of the molecule is COc1ccc(CN=C(N)NCC2CCC2)cc1OC1CCCC1.I. The van der Waals surface area contributed by atoms with Crippen LogP contribution in [0.4, 0.5) is 0 Å². The number of hydrogen-bond donors (Lipinski definition) is 2. The maximum absolute atomic E-state index is 6.13. The first-order valence-electron chi connectivity index (χ1n) is 9.12. The molecule has 0 spiro atoms. The Labute approximate surface area is 167 Å². The number of benzene rings is 1. The van der Waals surface area contributed by atoms with Crippen LogP contribution in [-0.2, 0) is 6.54 Å². The number of aliphatic imine (C=N–C) groups is 1. The van der Waals surface area contributed by atoms with Crippen molar-refractivity contribution in [2.24, 2.45) is 16.6 Å². The molecule has 6 heteroatoms. The van der Waals surface area contributed by atoms with Crippen LogP contribution in [0.2, 0.25) is 0 Å². The predicted molar refractivity (Wildman–Crippen MR) is 112 cm³/mol. The van der Waals surface area contributed by atoms with E-state index in [1.54, 1.807) is 7.11 Å². The summed E-state index contributed by atoms with van der Waals surface area (Å²) in [4.78, 5) is 4.44. The van der Waals surface area contributed by atoms with E-state index in [1.807, 2.05) is 18.2 Å². The van der Waals surface area contributed by atoms with E-state index < -0.39 is 0 Å². The standard InChI is InChI=1S/C19H29N3O2.HI/c1-23-17-10-9-15(11-18(17)24-16-7-2-3-8-16)13-22-19(20)21-12-14-5-4-6-14;/h9-11,14,16H,2-8,12-13H2,1H3,(H3,20,21,22);1H. The molecule has 2 aliphatic rings. The van der Waals surface area contributed by atoms with Crippen LogP contribution in [0.1, 0.15) is 50.5 Å². The molecule has 0 amide bonds. The van der Waals surface area contributed by atoms with E-state index in [2.05, 4.69) is 10.3 Å². The van der Waals surface area contributed by atoms with E-state index in [1.165, 1.54) is 32.1 Å². The number of nitrogens with one attached hydrogen (secondary N) is 1. The Bertz CT molecular complexity index is 570. The molecule has 3 N–H and O–H groups in total. The van der Waals surface area contributed by atoms with Crippen LogP contribution in [0.25, 0.3) is 0 Å². The minimum absolute atomic E-state index is 0. The van der Waals surface area contributed by atoms with E-state index in [0.717, 1.165) is 42.4 Å². The average Bonchev–Trinajstić information content (AvgIpc) is 3.04. The highest BCUT2D eigenvalue weighted by Crippen LogP contribution is 2.32. The molecule has 0 heterocycles. The molecule has 2 saturated carbocycles. The fraction of sp³-hybridized carbons (Fsp3) is 0.632. The molecule has 5 nitrogen and oxygen atoms in total. The minimum Gasteiger partial charge on any atom is -0.493 e. The minimum atomic E-state index is 0. The Balaban J connectivity index is 0.00000225. The molecule has 0 atom stereocenters. The first-order chi connectivity index (χ1) is 11.7. The van der Waals surface area contributed by atoms with Gasteiger partial charge >= 0.3 is 0 Å². The number of ether oxygens (including phenoxy) is 2. The molecule has 0 aliphatic heterocycles. The maximum atomic E-state index is 6.13. The molecule has 140 valence electrons. The van der Waals surface area contributed by atoms with Gasteiger partial charge in [0.2, 0.25) is 0 Å².